The molecule has 0 unspecified atom stereocenters. The second kappa shape index (κ2) is 14.2. The average molecular weight is 730 g/mol. The monoisotopic (exact) mass is 729 g/mol. The SMILES string of the molecule is C[Si](C)(C)C1=C(c2ccccc2)NP1(OS(=O)(=O)C(F)(F)F)(N(C1CCCCC1)C1CCCCC1)N(C1CCCCC1)C1CCCCC1. The summed E-state index contributed by atoms with van der Waals surface area (Å²) in [6.07, 6.45) is 19.2. The Balaban J connectivity index is 1.77. The predicted octanol–water partition coefficient (Wildman–Crippen LogP) is 10.9. The van der Waals surface area contributed by atoms with Gasteiger partial charge in [0, 0.05) is 0 Å². The number of benzene rings is 1. The molecule has 0 spiro atoms. The molecule has 0 bridgehead atoms. The van der Waals surface area contributed by atoms with Gasteiger partial charge in [-0.25, -0.2) is 0 Å². The molecule has 1 heterocycles. The van der Waals surface area contributed by atoms with Crippen molar-refractivity contribution >= 4 is 31.2 Å². The Bertz CT molecular complexity index is 1320. The number of nitrogens with zero attached hydrogens (tertiary/aromatic N) is 2. The van der Waals surface area contributed by atoms with Crippen LogP contribution >= 0.6 is 7.28 Å². The first-order chi connectivity index (χ1) is 22.8. The van der Waals surface area contributed by atoms with E-state index in [4.69, 9.17) is 3.97 Å². The topological polar surface area (TPSA) is 61.9 Å². The van der Waals surface area contributed by atoms with Gasteiger partial charge >= 0.3 is 290 Å². The van der Waals surface area contributed by atoms with E-state index in [1.807, 2.05) is 30.3 Å². The van der Waals surface area contributed by atoms with Crippen LogP contribution in [0.15, 0.2) is 35.3 Å². The number of nitrogens with one attached hydrogen (secondary N) is 1. The summed E-state index contributed by atoms with van der Waals surface area (Å²) in [5.74, 6) is 0. The first kappa shape index (κ1) is 36.8. The molecule has 0 amide bonds. The van der Waals surface area contributed by atoms with E-state index in [-0.39, 0.29) is 24.2 Å². The Kier molecular flexibility index (Phi) is 10.9. The fourth-order valence-electron chi connectivity index (χ4n) is 10.3. The first-order valence-corrected chi connectivity index (χ1v) is 26.0. The van der Waals surface area contributed by atoms with E-state index in [1.54, 1.807) is 0 Å². The number of halogens is 3. The van der Waals surface area contributed by atoms with Gasteiger partial charge in [-0.1, -0.05) is 0 Å². The Labute approximate surface area is 288 Å². The summed E-state index contributed by atoms with van der Waals surface area (Å²) >= 11 is 0. The molecule has 272 valence electrons. The minimum atomic E-state index is -6.02. The maximum atomic E-state index is 15.1. The Hall–Kier alpha value is -0.973. The van der Waals surface area contributed by atoms with Crippen LogP contribution in [-0.2, 0) is 14.1 Å². The van der Waals surface area contributed by atoms with E-state index in [2.05, 4.69) is 34.1 Å². The zero-order chi connectivity index (χ0) is 34.2. The second-order valence-electron chi connectivity index (χ2n) is 16.3. The molecule has 12 heteroatoms. The minimum absolute atomic E-state index is 0.0474. The molecule has 5 aliphatic rings. The fraction of sp³-hybridized carbons (Fsp3) is 0.778. The van der Waals surface area contributed by atoms with Crippen molar-refractivity contribution < 1.29 is 25.6 Å². The molecular weight excluding hydrogens is 671 g/mol. The van der Waals surface area contributed by atoms with Crippen molar-refractivity contribution in [3.63, 3.8) is 0 Å². The molecule has 0 radical (unpaired) electrons. The molecule has 6 nitrogen and oxygen atoms in total. The van der Waals surface area contributed by atoms with E-state index >= 15 is 13.2 Å². The Morgan fingerprint density at radius 1 is 0.667 bits per heavy atom. The van der Waals surface area contributed by atoms with Gasteiger partial charge in [-0.2, -0.15) is 0 Å². The van der Waals surface area contributed by atoms with Gasteiger partial charge < -0.3 is 0 Å². The van der Waals surface area contributed by atoms with E-state index < -0.39 is 31.0 Å². The molecule has 48 heavy (non-hydrogen) atoms. The maximum absolute atomic E-state index is 15.1. The van der Waals surface area contributed by atoms with Crippen LogP contribution in [-0.4, -0.2) is 55.5 Å². The van der Waals surface area contributed by atoms with Gasteiger partial charge in [0.1, 0.15) is 0 Å². The van der Waals surface area contributed by atoms with Crippen LogP contribution in [0.25, 0.3) is 5.70 Å². The van der Waals surface area contributed by atoms with Gasteiger partial charge in [0.15, 0.2) is 0 Å². The summed E-state index contributed by atoms with van der Waals surface area (Å²) in [5.41, 5.74) is -3.82. The quantitative estimate of drug-likeness (QED) is 0.147. The normalized spacial score (nSPS) is 26.5. The third-order valence-electron chi connectivity index (χ3n) is 11.9. The number of hydrogen-bond donors (Lipinski definition) is 1. The molecule has 1 aromatic rings. The van der Waals surface area contributed by atoms with E-state index in [0.717, 1.165) is 145 Å². The van der Waals surface area contributed by atoms with Crippen molar-refractivity contribution in [3.8, 4) is 0 Å². The van der Waals surface area contributed by atoms with Gasteiger partial charge in [-0.15, -0.1) is 0 Å². The van der Waals surface area contributed by atoms with Crippen LogP contribution in [0.5, 0.6) is 0 Å². The summed E-state index contributed by atoms with van der Waals surface area (Å²) in [6.45, 7) is 6.62. The molecule has 0 aromatic heterocycles. The summed E-state index contributed by atoms with van der Waals surface area (Å²) in [7, 11) is -13.6. The first-order valence-electron chi connectivity index (χ1n) is 19.0. The standard InChI is InChI=1S/C36H59F3N3O3PSSi/c1-48(2,3)35-34(29-19-9-4-10-20-29)40-46(35,45-47(43,44)36(37,38)39,41(30-21-11-5-12-22-30)31-23-13-6-14-24-31)42(32-25-15-7-16-26-32)33-27-17-8-18-28-33/h4,9-10,19-20,30-33,40H,5-8,11-18,21-28H2,1-3H3. The third-order valence-corrected chi connectivity index (χ3v) is 24.0. The van der Waals surface area contributed by atoms with Gasteiger partial charge in [-0.3, -0.25) is 0 Å². The van der Waals surface area contributed by atoms with E-state index in [1.165, 1.54) is 0 Å². The average Bonchev–Trinajstić information content (AvgIpc) is 3.05. The molecule has 6 rings (SSSR count). The third kappa shape index (κ3) is 6.60. The van der Waals surface area contributed by atoms with Gasteiger partial charge in [0.25, 0.3) is 0 Å². The number of alkyl halides is 3. The van der Waals surface area contributed by atoms with E-state index in [0.29, 0.717) is 0 Å². The predicted molar refractivity (Wildman–Crippen MR) is 194 cm³/mol. The zero-order valence-corrected chi connectivity index (χ0v) is 32.2. The van der Waals surface area contributed by atoms with Crippen molar-refractivity contribution in [2.24, 2.45) is 0 Å². The van der Waals surface area contributed by atoms with Crippen molar-refractivity contribution in [2.75, 3.05) is 0 Å². The van der Waals surface area contributed by atoms with Crippen LogP contribution in [0, 0.1) is 0 Å². The van der Waals surface area contributed by atoms with Crippen LogP contribution in [0.2, 0.25) is 19.6 Å². The molecule has 0 saturated heterocycles. The van der Waals surface area contributed by atoms with E-state index in [9.17, 15) is 8.42 Å². The van der Waals surface area contributed by atoms with Crippen molar-refractivity contribution in [1.82, 2.24) is 14.4 Å². The molecule has 4 aliphatic carbocycles. The Morgan fingerprint density at radius 2 is 1.02 bits per heavy atom. The van der Waals surface area contributed by atoms with Crippen molar-refractivity contribution in [1.29, 1.82) is 0 Å². The van der Waals surface area contributed by atoms with Gasteiger partial charge in [0.05, 0.1) is 0 Å². The molecule has 4 fully saturated rings. The number of rotatable bonds is 10. The molecule has 0 atom stereocenters. The summed E-state index contributed by atoms with van der Waals surface area (Å²) in [5, 5.41) is 3.89. The molecule has 4 saturated carbocycles. The molecule has 1 N–H and O–H groups in total. The Morgan fingerprint density at radius 3 is 1.33 bits per heavy atom. The van der Waals surface area contributed by atoms with Crippen LogP contribution < -0.4 is 5.09 Å². The van der Waals surface area contributed by atoms with Gasteiger partial charge in [0.2, 0.25) is 0 Å². The van der Waals surface area contributed by atoms with Crippen molar-refractivity contribution in [3.05, 3.63) is 40.8 Å². The summed E-state index contributed by atoms with van der Waals surface area (Å²) in [6, 6.07) is 9.73. The summed E-state index contributed by atoms with van der Waals surface area (Å²) in [4.78, 5) is 0.903. The van der Waals surface area contributed by atoms with Crippen molar-refractivity contribution in [2.45, 2.75) is 178 Å². The van der Waals surface area contributed by atoms with Crippen LogP contribution in [0.1, 0.15) is 134 Å². The summed E-state index contributed by atoms with van der Waals surface area (Å²) < 4.78 is 84.9. The fourth-order valence-corrected chi connectivity index (χ4v) is 25.7. The number of hydrogen-bond acceptors (Lipinski definition) is 6. The van der Waals surface area contributed by atoms with Crippen LogP contribution in [0.4, 0.5) is 13.2 Å². The zero-order valence-electron chi connectivity index (χ0n) is 29.4. The van der Waals surface area contributed by atoms with Crippen LogP contribution in [0.3, 0.4) is 0 Å². The molecule has 1 aromatic carbocycles. The molecule has 1 aliphatic heterocycles. The molecular formula is C36H59F3N3O3PSSi. The van der Waals surface area contributed by atoms with Gasteiger partial charge in [-0.05, 0) is 0 Å². The second-order valence-corrected chi connectivity index (χ2v) is 27.2.